The van der Waals surface area contributed by atoms with Crippen LogP contribution < -0.4 is 10.6 Å². The number of rotatable bonds is 5. The van der Waals surface area contributed by atoms with Crippen molar-refractivity contribution >= 4 is 28.4 Å². The van der Waals surface area contributed by atoms with E-state index in [1.807, 2.05) is 18.2 Å². The van der Waals surface area contributed by atoms with Gasteiger partial charge < -0.3 is 20.3 Å². The lowest BCUT2D eigenvalue weighted by molar-refractivity contribution is 0.0944. The van der Waals surface area contributed by atoms with Crippen LogP contribution in [0.1, 0.15) is 36.7 Å². The zero-order valence-electron chi connectivity index (χ0n) is 17.0. The Labute approximate surface area is 172 Å². The van der Waals surface area contributed by atoms with E-state index < -0.39 is 6.10 Å². The average molecular weight is 405 g/mol. The lowest BCUT2D eigenvalue weighted by Gasteiger charge is -2.08. The van der Waals surface area contributed by atoms with Crippen molar-refractivity contribution in [2.45, 2.75) is 38.5 Å². The van der Waals surface area contributed by atoms with Gasteiger partial charge in [-0.1, -0.05) is 0 Å². The van der Waals surface area contributed by atoms with Gasteiger partial charge in [-0.25, -0.2) is 9.97 Å². The van der Waals surface area contributed by atoms with Crippen molar-refractivity contribution in [1.29, 1.82) is 0 Å². The summed E-state index contributed by atoms with van der Waals surface area (Å²) in [5.41, 5.74) is 3.39. The summed E-state index contributed by atoms with van der Waals surface area (Å²) in [4.78, 5) is 22.1. The fourth-order valence-corrected chi connectivity index (χ4v) is 3.70. The Morgan fingerprint density at radius 2 is 2.13 bits per heavy atom. The number of fused-ring (bicyclic) bond motifs is 2. The van der Waals surface area contributed by atoms with Crippen molar-refractivity contribution in [1.82, 2.24) is 29.5 Å². The molecule has 1 saturated carbocycles. The van der Waals surface area contributed by atoms with Crippen LogP contribution in [0.15, 0.2) is 36.8 Å². The van der Waals surface area contributed by atoms with Gasteiger partial charge in [-0.2, -0.15) is 9.61 Å². The van der Waals surface area contributed by atoms with E-state index in [0.29, 0.717) is 17.6 Å². The Morgan fingerprint density at radius 1 is 1.33 bits per heavy atom. The summed E-state index contributed by atoms with van der Waals surface area (Å²) in [6, 6.07) is 5.89. The lowest BCUT2D eigenvalue weighted by atomic mass is 10.1. The summed E-state index contributed by atoms with van der Waals surface area (Å²) < 4.78 is 3.73. The van der Waals surface area contributed by atoms with Crippen molar-refractivity contribution in [2.24, 2.45) is 0 Å². The number of aliphatic hydroxyl groups is 1. The van der Waals surface area contributed by atoms with Crippen LogP contribution in [0.3, 0.4) is 0 Å². The van der Waals surface area contributed by atoms with Gasteiger partial charge in [-0.3, -0.25) is 4.79 Å². The number of carbonyl (C=O) groups excluding carboxylic acids is 1. The fraction of sp³-hybridized carbons (Fsp3) is 0.333. The number of pyridine rings is 1. The molecule has 0 aliphatic heterocycles. The van der Waals surface area contributed by atoms with Crippen LogP contribution in [0, 0.1) is 0 Å². The molecular weight excluding hydrogens is 382 g/mol. The first-order valence-electron chi connectivity index (χ1n) is 9.99. The Bertz CT molecular complexity index is 1270. The first kappa shape index (κ1) is 18.6. The minimum Gasteiger partial charge on any atom is -0.391 e. The van der Waals surface area contributed by atoms with Gasteiger partial charge in [-0.05, 0) is 32.4 Å². The molecule has 4 aromatic rings. The first-order valence-corrected chi connectivity index (χ1v) is 9.99. The van der Waals surface area contributed by atoms with Crippen LogP contribution in [-0.4, -0.2) is 54.4 Å². The summed E-state index contributed by atoms with van der Waals surface area (Å²) in [6.07, 6.45) is 5.45. The molecule has 0 aromatic carbocycles. The highest BCUT2D eigenvalue weighted by molar-refractivity contribution is 6.01. The predicted octanol–water partition coefficient (Wildman–Crippen LogP) is 2.23. The number of nitrogens with zero attached hydrogens (tertiary/aromatic N) is 5. The molecule has 9 heteroatoms. The van der Waals surface area contributed by atoms with Crippen LogP contribution in [0.25, 0.3) is 27.9 Å². The van der Waals surface area contributed by atoms with Gasteiger partial charge >= 0.3 is 0 Å². The van der Waals surface area contributed by atoms with Gasteiger partial charge in [0, 0.05) is 42.5 Å². The van der Waals surface area contributed by atoms with Crippen LogP contribution in [0.4, 0.5) is 5.82 Å². The number of aliphatic hydroxyl groups excluding tert-OH is 1. The molecule has 1 unspecified atom stereocenters. The molecule has 3 N–H and O–H groups in total. The molecule has 1 aliphatic carbocycles. The summed E-state index contributed by atoms with van der Waals surface area (Å²) in [7, 11) is 1.81. The zero-order chi connectivity index (χ0) is 21.0. The second kappa shape index (κ2) is 6.81. The van der Waals surface area contributed by atoms with Gasteiger partial charge in [0.25, 0.3) is 5.91 Å². The van der Waals surface area contributed by atoms with Gasteiger partial charge in [0.1, 0.15) is 17.0 Å². The Kier molecular flexibility index (Phi) is 4.21. The highest BCUT2D eigenvalue weighted by Crippen LogP contribution is 2.32. The quantitative estimate of drug-likeness (QED) is 0.470. The van der Waals surface area contributed by atoms with Crippen molar-refractivity contribution in [3.05, 3.63) is 42.4 Å². The highest BCUT2D eigenvalue weighted by atomic mass is 16.3. The molecule has 4 aromatic heterocycles. The Morgan fingerprint density at radius 3 is 2.83 bits per heavy atom. The first-order chi connectivity index (χ1) is 14.5. The monoisotopic (exact) mass is 405 g/mol. The third-order valence-electron chi connectivity index (χ3n) is 5.47. The average Bonchev–Trinajstić information content (AvgIpc) is 3.14. The summed E-state index contributed by atoms with van der Waals surface area (Å²) in [5.74, 6) is 0.430. The number of hydrogen-bond donors (Lipinski definition) is 3. The van der Waals surface area contributed by atoms with Gasteiger partial charge in [0.05, 0.1) is 24.0 Å². The second-order valence-electron chi connectivity index (χ2n) is 7.87. The van der Waals surface area contributed by atoms with Gasteiger partial charge in [-0.15, -0.1) is 0 Å². The van der Waals surface area contributed by atoms with Crippen LogP contribution >= 0.6 is 0 Å². The van der Waals surface area contributed by atoms with Crippen LogP contribution in [0.5, 0.6) is 0 Å². The molecular formula is C21H23N7O2. The predicted molar refractivity (Wildman–Crippen MR) is 114 cm³/mol. The molecule has 9 nitrogen and oxygen atoms in total. The number of carbonyl (C=O) groups is 1. The van der Waals surface area contributed by atoms with Gasteiger partial charge in [0.2, 0.25) is 0 Å². The molecule has 2 atom stereocenters. The fourth-order valence-electron chi connectivity index (χ4n) is 3.70. The number of amides is 1. The standard InChI is InChI=1S/C21H23N7O2/c1-11(2)27-10-14(12-5-4-6-23-19(12)27)15-8-18(22-3)28-20(25-15)13(9-24-28)21(30)26-16-7-17(16)29/h4-6,8-11,16-17,22,29H,7H2,1-3H3,(H,26,30)/t16?,17-/m0/s1. The molecule has 1 fully saturated rings. The zero-order valence-corrected chi connectivity index (χ0v) is 17.0. The number of aromatic nitrogens is 5. The summed E-state index contributed by atoms with van der Waals surface area (Å²) >= 11 is 0. The van der Waals surface area contributed by atoms with Gasteiger partial charge in [0.15, 0.2) is 5.65 Å². The maximum absolute atomic E-state index is 12.7. The van der Waals surface area contributed by atoms with E-state index in [1.165, 1.54) is 6.20 Å². The topological polar surface area (TPSA) is 109 Å². The molecule has 0 spiro atoms. The molecule has 1 amide bonds. The number of nitrogens with one attached hydrogen (secondary N) is 2. The third kappa shape index (κ3) is 2.89. The molecule has 4 heterocycles. The molecule has 0 saturated heterocycles. The van der Waals surface area contributed by atoms with Crippen molar-refractivity contribution in [3.63, 3.8) is 0 Å². The van der Waals surface area contributed by atoms with Crippen LogP contribution in [-0.2, 0) is 0 Å². The van der Waals surface area contributed by atoms with E-state index in [9.17, 15) is 9.90 Å². The third-order valence-corrected chi connectivity index (χ3v) is 5.47. The minimum absolute atomic E-state index is 0.200. The molecule has 1 aliphatic rings. The molecule has 0 radical (unpaired) electrons. The molecule has 30 heavy (non-hydrogen) atoms. The smallest absolute Gasteiger partial charge is 0.257 e. The maximum atomic E-state index is 12.7. The largest absolute Gasteiger partial charge is 0.391 e. The van der Waals surface area contributed by atoms with E-state index in [1.54, 1.807) is 17.8 Å². The maximum Gasteiger partial charge on any atom is 0.257 e. The van der Waals surface area contributed by atoms with E-state index in [2.05, 4.69) is 45.3 Å². The summed E-state index contributed by atoms with van der Waals surface area (Å²) in [6.45, 7) is 4.22. The highest BCUT2D eigenvalue weighted by Gasteiger charge is 2.37. The number of hydrogen-bond acceptors (Lipinski definition) is 6. The van der Waals surface area contributed by atoms with E-state index >= 15 is 0 Å². The normalized spacial score (nSPS) is 18.3. The lowest BCUT2D eigenvalue weighted by Crippen LogP contribution is -2.27. The summed E-state index contributed by atoms with van der Waals surface area (Å²) in [5, 5.41) is 20.8. The Balaban J connectivity index is 1.68. The van der Waals surface area contributed by atoms with Crippen molar-refractivity contribution in [2.75, 3.05) is 12.4 Å². The second-order valence-corrected chi connectivity index (χ2v) is 7.87. The molecule has 154 valence electrons. The molecule has 0 bridgehead atoms. The van der Waals surface area contributed by atoms with Crippen molar-refractivity contribution < 1.29 is 9.90 Å². The van der Waals surface area contributed by atoms with E-state index in [-0.39, 0.29) is 18.0 Å². The molecule has 5 rings (SSSR count). The minimum atomic E-state index is -0.471. The van der Waals surface area contributed by atoms with Crippen molar-refractivity contribution in [3.8, 4) is 11.3 Å². The van der Waals surface area contributed by atoms with E-state index in [4.69, 9.17) is 4.98 Å². The number of anilines is 1. The van der Waals surface area contributed by atoms with Crippen LogP contribution in [0.2, 0.25) is 0 Å². The SMILES string of the molecule is CNc1cc(-c2cn(C(C)C)c3ncccc23)nc2c(C(=O)NC3C[C@@H]3O)cnn12. The van der Waals surface area contributed by atoms with E-state index in [0.717, 1.165) is 28.1 Å². The Hall–Kier alpha value is -3.46.